The predicted octanol–water partition coefficient (Wildman–Crippen LogP) is 2.87. The zero-order valence-electron chi connectivity index (χ0n) is 9.27. The summed E-state index contributed by atoms with van der Waals surface area (Å²) in [4.78, 5) is 4.39. The first-order chi connectivity index (χ1) is 8.58. The standard InChI is InChI=1S/C12H10BrFN2OS/c13-10-5-9(14)2-1-8(10)7-18(17)12-3-4-16-6-11(12)15/h1-6H,7,15H2. The lowest BCUT2D eigenvalue weighted by Gasteiger charge is -2.07. The zero-order valence-corrected chi connectivity index (χ0v) is 11.7. The maximum atomic E-state index is 12.9. The largest absolute Gasteiger partial charge is 0.396 e. The molecule has 0 aliphatic heterocycles. The molecule has 0 fully saturated rings. The van der Waals surface area contributed by atoms with Crippen molar-refractivity contribution in [1.82, 2.24) is 4.98 Å². The Kier molecular flexibility index (Phi) is 4.08. The summed E-state index contributed by atoms with van der Waals surface area (Å²) in [5.74, 6) is -0.0606. The van der Waals surface area contributed by atoms with Gasteiger partial charge in [0.2, 0.25) is 0 Å². The molecule has 0 aliphatic rings. The van der Waals surface area contributed by atoms with Gasteiger partial charge in [-0.25, -0.2) is 4.39 Å². The van der Waals surface area contributed by atoms with E-state index in [4.69, 9.17) is 5.73 Å². The molecule has 94 valence electrons. The second kappa shape index (κ2) is 5.58. The van der Waals surface area contributed by atoms with Crippen molar-refractivity contribution < 1.29 is 8.60 Å². The molecule has 18 heavy (non-hydrogen) atoms. The van der Waals surface area contributed by atoms with Gasteiger partial charge in [-0.2, -0.15) is 0 Å². The summed E-state index contributed by atoms with van der Waals surface area (Å²) >= 11 is 3.25. The van der Waals surface area contributed by atoms with Crippen LogP contribution in [0.2, 0.25) is 0 Å². The van der Waals surface area contributed by atoms with Crippen LogP contribution in [-0.2, 0) is 16.6 Å². The van der Waals surface area contributed by atoms with Gasteiger partial charge in [-0.3, -0.25) is 9.19 Å². The average Bonchev–Trinajstić information content (AvgIpc) is 2.33. The van der Waals surface area contributed by atoms with E-state index in [1.165, 1.54) is 18.3 Å². The van der Waals surface area contributed by atoms with E-state index in [0.717, 1.165) is 5.56 Å². The van der Waals surface area contributed by atoms with Crippen molar-refractivity contribution in [2.75, 3.05) is 5.73 Å². The molecular weight excluding hydrogens is 319 g/mol. The number of halogens is 2. The van der Waals surface area contributed by atoms with Crippen LogP contribution in [0.1, 0.15) is 5.56 Å². The summed E-state index contributed by atoms with van der Waals surface area (Å²) in [5, 5.41) is 0. The monoisotopic (exact) mass is 328 g/mol. The Morgan fingerprint density at radius 2 is 2.17 bits per heavy atom. The topological polar surface area (TPSA) is 56.0 Å². The van der Waals surface area contributed by atoms with Crippen molar-refractivity contribution in [2.24, 2.45) is 0 Å². The lowest BCUT2D eigenvalue weighted by Crippen LogP contribution is -2.02. The van der Waals surface area contributed by atoms with E-state index in [-0.39, 0.29) is 11.6 Å². The first-order valence-corrected chi connectivity index (χ1v) is 7.21. The van der Waals surface area contributed by atoms with E-state index >= 15 is 0 Å². The van der Waals surface area contributed by atoms with Gasteiger partial charge in [0.15, 0.2) is 0 Å². The van der Waals surface area contributed by atoms with Gasteiger partial charge < -0.3 is 5.73 Å². The summed E-state index contributed by atoms with van der Waals surface area (Å²) in [7, 11) is -1.28. The average molecular weight is 329 g/mol. The highest BCUT2D eigenvalue weighted by atomic mass is 79.9. The van der Waals surface area contributed by atoms with Crippen LogP contribution in [0.25, 0.3) is 0 Å². The van der Waals surface area contributed by atoms with Gasteiger partial charge in [0.25, 0.3) is 0 Å². The minimum atomic E-state index is -1.28. The number of nitrogen functional groups attached to an aromatic ring is 1. The molecule has 1 aromatic heterocycles. The first kappa shape index (κ1) is 13.2. The number of nitrogens with two attached hydrogens (primary N) is 1. The van der Waals surface area contributed by atoms with E-state index in [9.17, 15) is 8.60 Å². The van der Waals surface area contributed by atoms with Gasteiger partial charge in [-0.1, -0.05) is 22.0 Å². The Bertz CT molecular complexity index is 606. The van der Waals surface area contributed by atoms with Crippen LogP contribution < -0.4 is 5.73 Å². The molecule has 0 amide bonds. The third kappa shape index (κ3) is 2.94. The molecule has 0 bridgehead atoms. The molecule has 1 aromatic carbocycles. The maximum Gasteiger partial charge on any atom is 0.124 e. The lowest BCUT2D eigenvalue weighted by molar-refractivity contribution is 0.626. The number of anilines is 1. The fourth-order valence-corrected chi connectivity index (χ4v) is 3.35. The van der Waals surface area contributed by atoms with E-state index in [1.54, 1.807) is 18.3 Å². The van der Waals surface area contributed by atoms with Crippen LogP contribution in [-0.4, -0.2) is 9.19 Å². The van der Waals surface area contributed by atoms with Crippen molar-refractivity contribution in [3.05, 3.63) is 52.5 Å². The Morgan fingerprint density at radius 1 is 1.39 bits per heavy atom. The summed E-state index contributed by atoms with van der Waals surface area (Å²) < 4.78 is 25.7. The fraction of sp³-hybridized carbons (Fsp3) is 0.0833. The highest BCUT2D eigenvalue weighted by molar-refractivity contribution is 9.10. The van der Waals surface area contributed by atoms with Crippen molar-refractivity contribution in [3.63, 3.8) is 0 Å². The van der Waals surface area contributed by atoms with Gasteiger partial charge in [-0.15, -0.1) is 0 Å². The normalized spacial score (nSPS) is 12.3. The summed E-state index contributed by atoms with van der Waals surface area (Å²) in [5.41, 5.74) is 6.88. The zero-order chi connectivity index (χ0) is 13.1. The molecule has 0 spiro atoms. The van der Waals surface area contributed by atoms with E-state index in [1.807, 2.05) is 0 Å². The second-order valence-electron chi connectivity index (χ2n) is 3.64. The quantitative estimate of drug-likeness (QED) is 0.942. The van der Waals surface area contributed by atoms with Crippen molar-refractivity contribution in [3.8, 4) is 0 Å². The van der Waals surface area contributed by atoms with Crippen LogP contribution in [0.3, 0.4) is 0 Å². The van der Waals surface area contributed by atoms with Crippen molar-refractivity contribution in [1.29, 1.82) is 0 Å². The molecule has 2 aromatic rings. The molecule has 1 heterocycles. The summed E-state index contributed by atoms with van der Waals surface area (Å²) in [6.07, 6.45) is 3.01. The lowest BCUT2D eigenvalue weighted by atomic mass is 10.2. The van der Waals surface area contributed by atoms with Crippen molar-refractivity contribution in [2.45, 2.75) is 10.6 Å². The van der Waals surface area contributed by atoms with Crippen LogP contribution in [0.4, 0.5) is 10.1 Å². The molecule has 1 unspecified atom stereocenters. The third-order valence-corrected chi connectivity index (χ3v) is 4.53. The van der Waals surface area contributed by atoms with Crippen molar-refractivity contribution >= 4 is 32.4 Å². The number of benzene rings is 1. The number of rotatable bonds is 3. The van der Waals surface area contributed by atoms with Gasteiger partial charge >= 0.3 is 0 Å². The third-order valence-electron chi connectivity index (χ3n) is 2.36. The van der Waals surface area contributed by atoms with Gasteiger partial charge in [-0.05, 0) is 23.8 Å². The molecule has 2 rings (SSSR count). The van der Waals surface area contributed by atoms with E-state index in [0.29, 0.717) is 15.1 Å². The SMILES string of the molecule is Nc1cnccc1S(=O)Cc1ccc(F)cc1Br. The highest BCUT2D eigenvalue weighted by Crippen LogP contribution is 2.23. The molecule has 0 aliphatic carbocycles. The predicted molar refractivity (Wildman–Crippen MR) is 72.9 cm³/mol. The Labute approximate surface area is 115 Å². The molecule has 3 nitrogen and oxygen atoms in total. The number of aromatic nitrogens is 1. The van der Waals surface area contributed by atoms with Crippen LogP contribution in [0.15, 0.2) is 46.0 Å². The van der Waals surface area contributed by atoms with E-state index in [2.05, 4.69) is 20.9 Å². The summed E-state index contributed by atoms with van der Waals surface area (Å²) in [6.45, 7) is 0. The molecule has 2 N–H and O–H groups in total. The highest BCUT2D eigenvalue weighted by Gasteiger charge is 2.11. The molecule has 0 saturated carbocycles. The summed E-state index contributed by atoms with van der Waals surface area (Å²) in [6, 6.07) is 5.92. The molecule has 0 saturated heterocycles. The van der Waals surface area contributed by atoms with Crippen LogP contribution in [0.5, 0.6) is 0 Å². The van der Waals surface area contributed by atoms with Gasteiger partial charge in [0.05, 0.1) is 33.3 Å². The minimum absolute atomic E-state index is 0.273. The Balaban J connectivity index is 2.24. The van der Waals surface area contributed by atoms with E-state index < -0.39 is 10.8 Å². The van der Waals surface area contributed by atoms with Gasteiger partial charge in [0.1, 0.15) is 5.82 Å². The Morgan fingerprint density at radius 3 is 2.83 bits per heavy atom. The van der Waals surface area contributed by atoms with Crippen LogP contribution in [0, 0.1) is 5.82 Å². The molecule has 0 radical (unpaired) electrons. The van der Waals surface area contributed by atoms with Gasteiger partial charge in [0, 0.05) is 10.7 Å². The first-order valence-electron chi connectivity index (χ1n) is 5.09. The molecule has 1 atom stereocenters. The number of pyridine rings is 1. The number of nitrogens with zero attached hydrogens (tertiary/aromatic N) is 1. The maximum absolute atomic E-state index is 12.9. The number of hydrogen-bond donors (Lipinski definition) is 1. The fourth-order valence-electron chi connectivity index (χ4n) is 1.46. The molecular formula is C12H10BrFN2OS. The van der Waals surface area contributed by atoms with Crippen LogP contribution >= 0.6 is 15.9 Å². The minimum Gasteiger partial charge on any atom is -0.396 e. The number of hydrogen-bond acceptors (Lipinski definition) is 3. The Hall–Kier alpha value is -1.27. The molecule has 6 heteroatoms. The smallest absolute Gasteiger partial charge is 0.124 e. The second-order valence-corrected chi connectivity index (χ2v) is 5.91.